The Labute approximate surface area is 137 Å². The molecule has 0 saturated heterocycles. The van der Waals surface area contributed by atoms with Crippen LogP contribution in [0.15, 0.2) is 48.5 Å². The van der Waals surface area contributed by atoms with Crippen LogP contribution in [0.3, 0.4) is 0 Å². The van der Waals surface area contributed by atoms with Crippen LogP contribution in [0.25, 0.3) is 0 Å². The molecule has 1 atom stereocenters. The average Bonchev–Trinajstić information content (AvgIpc) is 2.76. The summed E-state index contributed by atoms with van der Waals surface area (Å²) in [5.41, 5.74) is -1.46. The zero-order valence-electron chi connectivity index (χ0n) is 12.8. The summed E-state index contributed by atoms with van der Waals surface area (Å²) < 4.78 is 13.0. The number of aliphatic hydroxyl groups is 1. The lowest BCUT2D eigenvalue weighted by Gasteiger charge is -2.21. The van der Waals surface area contributed by atoms with Gasteiger partial charge in [-0.15, -0.1) is 0 Å². The molecule has 1 heterocycles. The molecule has 0 fully saturated rings. The zero-order chi connectivity index (χ0) is 17.5. The quantitative estimate of drug-likeness (QED) is 0.877. The van der Waals surface area contributed by atoms with Crippen LogP contribution in [0.4, 0.5) is 10.1 Å². The summed E-state index contributed by atoms with van der Waals surface area (Å²) in [6.45, 7) is 1.21. The van der Waals surface area contributed by atoms with Gasteiger partial charge in [-0.1, -0.05) is 18.2 Å². The van der Waals surface area contributed by atoms with Gasteiger partial charge in [0, 0.05) is 18.1 Å². The summed E-state index contributed by atoms with van der Waals surface area (Å²) >= 11 is 0. The predicted octanol–water partition coefficient (Wildman–Crippen LogP) is 2.18. The van der Waals surface area contributed by atoms with Gasteiger partial charge in [-0.05, 0) is 30.3 Å². The van der Waals surface area contributed by atoms with Crippen molar-refractivity contribution in [2.45, 2.75) is 18.9 Å². The van der Waals surface area contributed by atoms with E-state index in [2.05, 4.69) is 0 Å². The number of fused-ring (bicyclic) bond motifs is 1. The molecule has 3 rings (SSSR count). The summed E-state index contributed by atoms with van der Waals surface area (Å²) in [6.07, 6.45) is -0.530. The first-order chi connectivity index (χ1) is 11.3. The van der Waals surface area contributed by atoms with Crippen molar-refractivity contribution in [1.82, 2.24) is 0 Å². The van der Waals surface area contributed by atoms with Gasteiger partial charge in [0.15, 0.2) is 11.4 Å². The topological polar surface area (TPSA) is 74.7 Å². The second-order valence-electron chi connectivity index (χ2n) is 5.64. The van der Waals surface area contributed by atoms with Gasteiger partial charge in [0.05, 0.1) is 12.1 Å². The summed E-state index contributed by atoms with van der Waals surface area (Å²) in [7, 11) is 0. The minimum atomic E-state index is -2.12. The second kappa shape index (κ2) is 5.65. The van der Waals surface area contributed by atoms with Crippen LogP contribution in [0.1, 0.15) is 29.3 Å². The lowest BCUT2D eigenvalue weighted by atomic mass is 9.88. The van der Waals surface area contributed by atoms with Gasteiger partial charge in [0.25, 0.3) is 5.91 Å². The van der Waals surface area contributed by atoms with Crippen LogP contribution in [0, 0.1) is 5.82 Å². The first kappa shape index (κ1) is 16.0. The predicted molar refractivity (Wildman–Crippen MR) is 83.9 cm³/mol. The molecule has 2 amide bonds. The SMILES string of the molecule is CC(=O)N1C(=O)C(O)(CC(=O)c2ccc(F)cc2)c2ccccc21. The zero-order valence-corrected chi connectivity index (χ0v) is 12.8. The van der Waals surface area contributed by atoms with Crippen LogP contribution >= 0.6 is 0 Å². The maximum atomic E-state index is 13.0. The van der Waals surface area contributed by atoms with E-state index in [1.807, 2.05) is 0 Å². The molecule has 0 saturated carbocycles. The highest BCUT2D eigenvalue weighted by Crippen LogP contribution is 2.42. The molecule has 0 spiro atoms. The van der Waals surface area contributed by atoms with Gasteiger partial charge in [0.1, 0.15) is 5.82 Å². The Balaban J connectivity index is 2.00. The smallest absolute Gasteiger partial charge is 0.270 e. The highest BCUT2D eigenvalue weighted by molar-refractivity contribution is 6.22. The normalized spacial score (nSPS) is 19.3. The number of hydrogen-bond donors (Lipinski definition) is 1. The van der Waals surface area contributed by atoms with E-state index in [1.54, 1.807) is 12.1 Å². The number of nitrogens with zero attached hydrogens (tertiary/aromatic N) is 1. The fraction of sp³-hybridized carbons (Fsp3) is 0.167. The Hall–Kier alpha value is -2.86. The standard InChI is InChI=1S/C18H14FNO4/c1-11(21)20-15-5-3-2-4-14(15)18(24,17(20)23)10-16(22)12-6-8-13(19)9-7-12/h2-9,24H,10H2,1H3. The van der Waals surface area contributed by atoms with Crippen LogP contribution in [0.5, 0.6) is 0 Å². The van der Waals surface area contributed by atoms with E-state index in [4.69, 9.17) is 0 Å². The van der Waals surface area contributed by atoms with E-state index in [9.17, 15) is 23.9 Å². The largest absolute Gasteiger partial charge is 0.375 e. The number of halogens is 1. The Bertz CT molecular complexity index is 846. The van der Waals surface area contributed by atoms with Crippen molar-refractivity contribution < 1.29 is 23.9 Å². The lowest BCUT2D eigenvalue weighted by Crippen LogP contribution is -2.43. The molecule has 2 aromatic rings. The van der Waals surface area contributed by atoms with Gasteiger partial charge in [-0.25, -0.2) is 9.29 Å². The van der Waals surface area contributed by atoms with Gasteiger partial charge in [-0.3, -0.25) is 14.4 Å². The fourth-order valence-electron chi connectivity index (χ4n) is 2.88. The molecule has 2 aromatic carbocycles. The fourth-order valence-corrected chi connectivity index (χ4v) is 2.88. The summed E-state index contributed by atoms with van der Waals surface area (Å²) in [5.74, 6) is -2.41. The van der Waals surface area contributed by atoms with E-state index in [0.717, 1.165) is 17.0 Å². The minimum absolute atomic E-state index is 0.177. The van der Waals surface area contributed by atoms with Crippen molar-refractivity contribution in [2.24, 2.45) is 0 Å². The first-order valence-electron chi connectivity index (χ1n) is 7.30. The second-order valence-corrected chi connectivity index (χ2v) is 5.64. The lowest BCUT2D eigenvalue weighted by molar-refractivity contribution is -0.138. The Kier molecular flexibility index (Phi) is 3.77. The van der Waals surface area contributed by atoms with Crippen molar-refractivity contribution in [3.05, 3.63) is 65.5 Å². The highest BCUT2D eigenvalue weighted by Gasteiger charge is 2.52. The highest BCUT2D eigenvalue weighted by atomic mass is 19.1. The van der Waals surface area contributed by atoms with Crippen molar-refractivity contribution >= 4 is 23.3 Å². The molecule has 1 N–H and O–H groups in total. The number of carbonyl (C=O) groups excluding carboxylic acids is 3. The minimum Gasteiger partial charge on any atom is -0.375 e. The van der Waals surface area contributed by atoms with Crippen molar-refractivity contribution in [1.29, 1.82) is 0 Å². The van der Waals surface area contributed by atoms with Crippen LogP contribution < -0.4 is 4.90 Å². The average molecular weight is 327 g/mol. The maximum absolute atomic E-state index is 13.0. The number of carbonyl (C=O) groups is 3. The van der Waals surface area contributed by atoms with Gasteiger partial charge < -0.3 is 5.11 Å². The van der Waals surface area contributed by atoms with Crippen molar-refractivity contribution in [2.75, 3.05) is 4.90 Å². The van der Waals surface area contributed by atoms with Crippen LogP contribution in [-0.4, -0.2) is 22.7 Å². The number of amides is 2. The van der Waals surface area contributed by atoms with Crippen molar-refractivity contribution in [3.63, 3.8) is 0 Å². The summed E-state index contributed by atoms with van der Waals surface area (Å²) in [6, 6.07) is 11.1. The number of benzene rings is 2. The molecule has 1 aliphatic heterocycles. The van der Waals surface area contributed by atoms with E-state index < -0.39 is 35.4 Å². The van der Waals surface area contributed by atoms with E-state index >= 15 is 0 Å². The molecule has 0 radical (unpaired) electrons. The molecule has 5 nitrogen and oxygen atoms in total. The molecule has 0 aromatic heterocycles. The molecule has 1 aliphatic rings. The van der Waals surface area contributed by atoms with Crippen LogP contribution in [-0.2, 0) is 15.2 Å². The maximum Gasteiger partial charge on any atom is 0.270 e. The summed E-state index contributed by atoms with van der Waals surface area (Å²) in [5, 5.41) is 10.9. The third-order valence-electron chi connectivity index (χ3n) is 4.04. The molecule has 0 aliphatic carbocycles. The summed E-state index contributed by atoms with van der Waals surface area (Å²) in [4.78, 5) is 37.6. The number of imide groups is 1. The number of anilines is 1. The van der Waals surface area contributed by atoms with Crippen molar-refractivity contribution in [3.8, 4) is 0 Å². The Morgan fingerprint density at radius 2 is 1.75 bits per heavy atom. The van der Waals surface area contributed by atoms with Gasteiger partial charge >= 0.3 is 0 Å². The molecular formula is C18H14FNO4. The number of rotatable bonds is 3. The molecule has 24 heavy (non-hydrogen) atoms. The van der Waals surface area contributed by atoms with E-state index in [-0.39, 0.29) is 16.8 Å². The molecular weight excluding hydrogens is 313 g/mol. The van der Waals surface area contributed by atoms with Crippen LogP contribution in [0.2, 0.25) is 0 Å². The molecule has 122 valence electrons. The first-order valence-corrected chi connectivity index (χ1v) is 7.30. The number of para-hydroxylation sites is 1. The third kappa shape index (κ3) is 2.41. The monoisotopic (exact) mass is 327 g/mol. The van der Waals surface area contributed by atoms with Gasteiger partial charge in [-0.2, -0.15) is 0 Å². The number of hydrogen-bond acceptors (Lipinski definition) is 4. The Morgan fingerprint density at radius 1 is 1.12 bits per heavy atom. The molecule has 0 bridgehead atoms. The number of ketones is 1. The van der Waals surface area contributed by atoms with E-state index in [1.165, 1.54) is 31.2 Å². The molecule has 6 heteroatoms. The number of Topliss-reactive ketones (excluding diaryl/α,β-unsaturated/α-hetero) is 1. The molecule has 1 unspecified atom stereocenters. The van der Waals surface area contributed by atoms with E-state index in [0.29, 0.717) is 0 Å². The third-order valence-corrected chi connectivity index (χ3v) is 4.04. The van der Waals surface area contributed by atoms with Gasteiger partial charge in [0.2, 0.25) is 5.91 Å². The Morgan fingerprint density at radius 3 is 2.38 bits per heavy atom.